The van der Waals surface area contributed by atoms with Gasteiger partial charge in [0.05, 0.1) is 13.2 Å². The van der Waals surface area contributed by atoms with Crippen LogP contribution in [0.3, 0.4) is 0 Å². The van der Waals surface area contributed by atoms with Gasteiger partial charge in [0.2, 0.25) is 0 Å². The summed E-state index contributed by atoms with van der Waals surface area (Å²) in [7, 11) is 0. The standard InChI is InChI=1S/C44H76N2O2/c1-5-9-13-15-17-31-45(29-11-7-3)33-19-21-35-47-39-41-25-23-27-43(37-41)44-28-24-26-42(38-44)40-48-36-22-20-34-46(30-12-8-4)32-18-16-14-10-6-2/h23-28,37-38H,5-22,29-36,39-40H2,1-4H3. The minimum absolute atomic E-state index is 0.683. The fourth-order valence-corrected chi connectivity index (χ4v) is 6.45. The number of hydrogen-bond acceptors (Lipinski definition) is 4. The molecule has 0 fully saturated rings. The summed E-state index contributed by atoms with van der Waals surface area (Å²) < 4.78 is 12.3. The van der Waals surface area contributed by atoms with Crippen molar-refractivity contribution in [3.05, 3.63) is 59.7 Å². The maximum Gasteiger partial charge on any atom is 0.0717 e. The van der Waals surface area contributed by atoms with Crippen LogP contribution in [0.25, 0.3) is 11.1 Å². The van der Waals surface area contributed by atoms with E-state index in [1.54, 1.807) is 0 Å². The van der Waals surface area contributed by atoms with Crippen LogP contribution in [-0.4, -0.2) is 62.3 Å². The molecule has 0 atom stereocenters. The van der Waals surface area contributed by atoms with Crippen molar-refractivity contribution in [2.24, 2.45) is 0 Å². The Morgan fingerprint density at radius 3 is 1.15 bits per heavy atom. The average Bonchev–Trinajstić information content (AvgIpc) is 3.11. The maximum atomic E-state index is 6.13. The number of nitrogens with zero attached hydrogens (tertiary/aromatic N) is 2. The normalized spacial score (nSPS) is 11.7. The van der Waals surface area contributed by atoms with Gasteiger partial charge in [-0.1, -0.05) is 128 Å². The van der Waals surface area contributed by atoms with Gasteiger partial charge in [0.25, 0.3) is 0 Å². The van der Waals surface area contributed by atoms with Crippen molar-refractivity contribution >= 4 is 0 Å². The van der Waals surface area contributed by atoms with E-state index in [-0.39, 0.29) is 0 Å². The van der Waals surface area contributed by atoms with Crippen LogP contribution in [0.2, 0.25) is 0 Å². The first kappa shape index (κ1) is 42.4. The smallest absolute Gasteiger partial charge is 0.0717 e. The monoisotopic (exact) mass is 665 g/mol. The quantitative estimate of drug-likeness (QED) is 0.0709. The van der Waals surface area contributed by atoms with Crippen LogP contribution in [0.1, 0.15) is 154 Å². The van der Waals surface area contributed by atoms with Gasteiger partial charge in [-0.25, -0.2) is 0 Å². The predicted molar refractivity (Wildman–Crippen MR) is 210 cm³/mol. The van der Waals surface area contributed by atoms with E-state index >= 15 is 0 Å². The van der Waals surface area contributed by atoms with Gasteiger partial charge in [-0.15, -0.1) is 0 Å². The van der Waals surface area contributed by atoms with E-state index < -0.39 is 0 Å². The molecule has 2 rings (SSSR count). The Morgan fingerprint density at radius 1 is 0.396 bits per heavy atom. The van der Waals surface area contributed by atoms with Gasteiger partial charge in [0.1, 0.15) is 0 Å². The van der Waals surface area contributed by atoms with Crippen LogP contribution in [0.4, 0.5) is 0 Å². The molecule has 0 spiro atoms. The lowest BCUT2D eigenvalue weighted by Crippen LogP contribution is -2.27. The second kappa shape index (κ2) is 30.1. The molecule has 2 aromatic carbocycles. The van der Waals surface area contributed by atoms with Crippen LogP contribution >= 0.6 is 0 Å². The molecule has 274 valence electrons. The summed E-state index contributed by atoms with van der Waals surface area (Å²) in [5.41, 5.74) is 5.01. The summed E-state index contributed by atoms with van der Waals surface area (Å²) in [6, 6.07) is 17.7. The summed E-state index contributed by atoms with van der Waals surface area (Å²) >= 11 is 0. The van der Waals surface area contributed by atoms with Gasteiger partial charge in [-0.2, -0.15) is 0 Å². The van der Waals surface area contributed by atoms with Gasteiger partial charge in [0, 0.05) is 13.2 Å². The maximum absolute atomic E-state index is 6.13. The summed E-state index contributed by atoms with van der Waals surface area (Å²) in [5.74, 6) is 0. The summed E-state index contributed by atoms with van der Waals surface area (Å²) in [6.07, 6.45) is 23.6. The van der Waals surface area contributed by atoms with E-state index in [0.29, 0.717) is 13.2 Å². The molecule has 0 saturated carbocycles. The molecule has 48 heavy (non-hydrogen) atoms. The molecule has 0 aliphatic rings. The molecule has 0 saturated heterocycles. The van der Waals surface area contributed by atoms with Crippen molar-refractivity contribution in [3.8, 4) is 11.1 Å². The number of ether oxygens (including phenoxy) is 2. The molecular weight excluding hydrogens is 588 g/mol. The third-order valence-corrected chi connectivity index (χ3v) is 9.56. The van der Waals surface area contributed by atoms with Crippen molar-refractivity contribution in [3.63, 3.8) is 0 Å². The lowest BCUT2D eigenvalue weighted by molar-refractivity contribution is 0.114. The van der Waals surface area contributed by atoms with Gasteiger partial charge in [-0.3, -0.25) is 0 Å². The zero-order valence-electron chi connectivity index (χ0n) is 32.1. The Morgan fingerprint density at radius 2 is 0.750 bits per heavy atom. The van der Waals surface area contributed by atoms with E-state index in [1.807, 2.05) is 0 Å². The van der Waals surface area contributed by atoms with Crippen molar-refractivity contribution in [1.82, 2.24) is 9.80 Å². The highest BCUT2D eigenvalue weighted by Gasteiger charge is 2.07. The number of benzene rings is 2. The van der Waals surface area contributed by atoms with Crippen molar-refractivity contribution in [2.75, 3.05) is 52.5 Å². The minimum Gasteiger partial charge on any atom is -0.377 e. The summed E-state index contributed by atoms with van der Waals surface area (Å²) in [5, 5.41) is 0. The summed E-state index contributed by atoms with van der Waals surface area (Å²) in [6.45, 7) is 19.7. The van der Waals surface area contributed by atoms with Gasteiger partial charge in [0.15, 0.2) is 0 Å². The largest absolute Gasteiger partial charge is 0.377 e. The SMILES string of the molecule is CCCCCCCN(CCCC)CCCCOCc1cccc(-c2cccc(COCCCCN(CCCC)CCCCCCC)c2)c1. The topological polar surface area (TPSA) is 24.9 Å². The zero-order chi connectivity index (χ0) is 34.3. The molecule has 4 nitrogen and oxygen atoms in total. The second-order valence-electron chi connectivity index (χ2n) is 14.1. The van der Waals surface area contributed by atoms with E-state index in [9.17, 15) is 0 Å². The van der Waals surface area contributed by atoms with Crippen LogP contribution < -0.4 is 0 Å². The van der Waals surface area contributed by atoms with Crippen molar-refractivity contribution in [1.29, 1.82) is 0 Å². The van der Waals surface area contributed by atoms with Crippen molar-refractivity contribution < 1.29 is 9.47 Å². The highest BCUT2D eigenvalue weighted by atomic mass is 16.5. The predicted octanol–water partition coefficient (Wildman–Crippen LogP) is 12.1. The Balaban J connectivity index is 1.67. The Hall–Kier alpha value is -1.72. The molecule has 0 aromatic heterocycles. The average molecular weight is 665 g/mol. The fraction of sp³-hybridized carbons (Fsp3) is 0.727. The zero-order valence-corrected chi connectivity index (χ0v) is 32.1. The van der Waals surface area contributed by atoms with E-state index in [0.717, 1.165) is 26.1 Å². The van der Waals surface area contributed by atoms with Crippen LogP contribution in [0.15, 0.2) is 48.5 Å². The Bertz CT molecular complexity index is 916. The van der Waals surface area contributed by atoms with E-state index in [2.05, 4.69) is 86.0 Å². The third kappa shape index (κ3) is 21.4. The van der Waals surface area contributed by atoms with Crippen molar-refractivity contribution in [2.45, 2.75) is 156 Å². The molecule has 4 heteroatoms. The Labute approximate surface area is 298 Å². The molecule has 0 aliphatic carbocycles. The fourth-order valence-electron chi connectivity index (χ4n) is 6.45. The Kier molecular flexibility index (Phi) is 26.6. The molecule has 0 aliphatic heterocycles. The second-order valence-corrected chi connectivity index (χ2v) is 14.1. The first-order chi connectivity index (χ1) is 23.7. The van der Waals surface area contributed by atoms with E-state index in [1.165, 1.54) is 164 Å². The van der Waals surface area contributed by atoms with Gasteiger partial charge < -0.3 is 19.3 Å². The molecule has 0 heterocycles. The summed E-state index contributed by atoms with van der Waals surface area (Å²) in [4.78, 5) is 5.38. The number of rotatable bonds is 33. The third-order valence-electron chi connectivity index (χ3n) is 9.56. The van der Waals surface area contributed by atoms with Crippen LogP contribution in [0.5, 0.6) is 0 Å². The van der Waals surface area contributed by atoms with E-state index in [4.69, 9.17) is 9.47 Å². The highest BCUT2D eigenvalue weighted by molar-refractivity contribution is 5.64. The van der Waals surface area contributed by atoms with Gasteiger partial charge in [-0.05, 0) is 125 Å². The van der Waals surface area contributed by atoms with Crippen LogP contribution in [-0.2, 0) is 22.7 Å². The van der Waals surface area contributed by atoms with Gasteiger partial charge >= 0.3 is 0 Å². The lowest BCUT2D eigenvalue weighted by Gasteiger charge is -2.22. The highest BCUT2D eigenvalue weighted by Crippen LogP contribution is 2.23. The molecule has 0 bridgehead atoms. The minimum atomic E-state index is 0.683. The molecule has 0 amide bonds. The van der Waals surface area contributed by atoms with Crippen LogP contribution in [0, 0.1) is 0 Å². The molecule has 2 aromatic rings. The number of hydrogen-bond donors (Lipinski definition) is 0. The lowest BCUT2D eigenvalue weighted by atomic mass is 10.0. The first-order valence-electron chi connectivity index (χ1n) is 20.5. The molecular formula is C44H76N2O2. The number of unbranched alkanes of at least 4 members (excludes halogenated alkanes) is 12. The first-order valence-corrected chi connectivity index (χ1v) is 20.5. The molecule has 0 unspecified atom stereocenters. The molecule has 0 N–H and O–H groups in total. The molecule has 0 radical (unpaired) electrons.